The van der Waals surface area contributed by atoms with E-state index in [4.69, 9.17) is 4.74 Å². The number of rotatable bonds is 6. The lowest BCUT2D eigenvalue weighted by atomic mass is 10.1. The molecular formula is C18H24N4O2. The highest BCUT2D eigenvalue weighted by Gasteiger charge is 2.17. The van der Waals surface area contributed by atoms with Crippen LogP contribution in [0.3, 0.4) is 0 Å². The zero-order valence-electron chi connectivity index (χ0n) is 14.0. The Balaban J connectivity index is 1.52. The molecule has 1 saturated heterocycles. The molecule has 6 heteroatoms. The summed E-state index contributed by atoms with van der Waals surface area (Å²) in [5, 5.41) is 10.7. The van der Waals surface area contributed by atoms with Gasteiger partial charge >= 0.3 is 0 Å². The lowest BCUT2D eigenvalue weighted by molar-refractivity contribution is 0.0947. The van der Waals surface area contributed by atoms with Crippen molar-refractivity contribution in [3.8, 4) is 5.75 Å². The summed E-state index contributed by atoms with van der Waals surface area (Å²) in [7, 11) is 1.66. The third kappa shape index (κ3) is 3.94. The molecule has 128 valence electrons. The third-order valence-corrected chi connectivity index (χ3v) is 4.36. The van der Waals surface area contributed by atoms with E-state index in [0.717, 1.165) is 43.7 Å². The molecule has 1 aliphatic rings. The summed E-state index contributed by atoms with van der Waals surface area (Å²) in [5.41, 5.74) is 1.56. The first kappa shape index (κ1) is 16.5. The molecule has 1 amide bonds. The highest BCUT2D eigenvalue weighted by atomic mass is 16.5. The van der Waals surface area contributed by atoms with Gasteiger partial charge in [0, 0.05) is 19.3 Å². The Hall–Kier alpha value is -2.34. The largest absolute Gasteiger partial charge is 0.496 e. The number of piperidine rings is 1. The summed E-state index contributed by atoms with van der Waals surface area (Å²) in [6.07, 6.45) is 4.87. The second-order valence-corrected chi connectivity index (χ2v) is 6.00. The monoisotopic (exact) mass is 328 g/mol. The molecule has 1 unspecified atom stereocenters. The fourth-order valence-corrected chi connectivity index (χ4v) is 3.03. The molecule has 0 aliphatic carbocycles. The molecular weight excluding hydrogens is 304 g/mol. The zero-order valence-corrected chi connectivity index (χ0v) is 14.0. The van der Waals surface area contributed by atoms with Crippen LogP contribution in [-0.2, 0) is 6.42 Å². The van der Waals surface area contributed by atoms with Crippen LogP contribution in [0.4, 0.5) is 0 Å². The second-order valence-electron chi connectivity index (χ2n) is 6.00. The molecule has 2 aromatic rings. The standard InChI is InChI=1S/C18H24N4O2/c1-24-17-7-3-2-5-14(17)8-11-20-18(23)16-9-12-22(21-16)15-6-4-10-19-13-15/h2-3,5,7,9,12,15,19H,4,6,8,10-11,13H2,1H3,(H,20,23). The van der Waals surface area contributed by atoms with Gasteiger partial charge in [-0.2, -0.15) is 5.10 Å². The van der Waals surface area contributed by atoms with Crippen molar-refractivity contribution in [2.24, 2.45) is 0 Å². The van der Waals surface area contributed by atoms with Gasteiger partial charge in [-0.15, -0.1) is 0 Å². The minimum absolute atomic E-state index is 0.132. The molecule has 6 nitrogen and oxygen atoms in total. The van der Waals surface area contributed by atoms with Gasteiger partial charge in [0.05, 0.1) is 13.2 Å². The van der Waals surface area contributed by atoms with Gasteiger partial charge in [0.2, 0.25) is 0 Å². The second kappa shape index (κ2) is 7.97. The van der Waals surface area contributed by atoms with Crippen LogP contribution in [0.2, 0.25) is 0 Å². The van der Waals surface area contributed by atoms with Crippen molar-refractivity contribution in [3.05, 3.63) is 47.8 Å². The molecule has 1 aromatic carbocycles. The van der Waals surface area contributed by atoms with E-state index in [1.54, 1.807) is 13.2 Å². The smallest absolute Gasteiger partial charge is 0.271 e. The lowest BCUT2D eigenvalue weighted by Gasteiger charge is -2.22. The number of methoxy groups -OCH3 is 1. The van der Waals surface area contributed by atoms with Crippen LogP contribution < -0.4 is 15.4 Å². The minimum Gasteiger partial charge on any atom is -0.496 e. The number of hydrogen-bond acceptors (Lipinski definition) is 4. The van der Waals surface area contributed by atoms with Crippen LogP contribution in [0.1, 0.15) is 34.9 Å². The molecule has 24 heavy (non-hydrogen) atoms. The van der Waals surface area contributed by atoms with Crippen LogP contribution in [0.25, 0.3) is 0 Å². The Kier molecular flexibility index (Phi) is 5.48. The Bertz CT molecular complexity index is 677. The summed E-state index contributed by atoms with van der Waals surface area (Å²) >= 11 is 0. The first-order chi connectivity index (χ1) is 11.8. The van der Waals surface area contributed by atoms with Gasteiger partial charge in [-0.1, -0.05) is 18.2 Å². The zero-order chi connectivity index (χ0) is 16.8. The highest BCUT2D eigenvalue weighted by Crippen LogP contribution is 2.17. The summed E-state index contributed by atoms with van der Waals surface area (Å²) in [5.74, 6) is 0.716. The molecule has 1 fully saturated rings. The predicted molar refractivity (Wildman–Crippen MR) is 92.4 cm³/mol. The number of carbonyl (C=O) groups excluding carboxylic acids is 1. The molecule has 0 spiro atoms. The maximum Gasteiger partial charge on any atom is 0.271 e. The Morgan fingerprint density at radius 1 is 1.42 bits per heavy atom. The van der Waals surface area contributed by atoms with E-state index in [2.05, 4.69) is 15.7 Å². The van der Waals surface area contributed by atoms with Gasteiger partial charge in [-0.05, 0) is 43.5 Å². The van der Waals surface area contributed by atoms with E-state index in [0.29, 0.717) is 18.3 Å². The third-order valence-electron chi connectivity index (χ3n) is 4.36. The van der Waals surface area contributed by atoms with E-state index in [1.165, 1.54) is 0 Å². The van der Waals surface area contributed by atoms with Crippen molar-refractivity contribution < 1.29 is 9.53 Å². The lowest BCUT2D eigenvalue weighted by Crippen LogP contribution is -2.32. The maximum atomic E-state index is 12.3. The molecule has 2 N–H and O–H groups in total. The predicted octanol–water partition coefficient (Wildman–Crippen LogP) is 1.79. The van der Waals surface area contributed by atoms with E-state index in [1.807, 2.05) is 35.1 Å². The van der Waals surface area contributed by atoms with E-state index in [9.17, 15) is 4.79 Å². The summed E-state index contributed by atoms with van der Waals surface area (Å²) in [4.78, 5) is 12.3. The number of para-hydroxylation sites is 1. The van der Waals surface area contributed by atoms with E-state index < -0.39 is 0 Å². The number of hydrogen-bond donors (Lipinski definition) is 2. The van der Waals surface area contributed by atoms with Crippen molar-refractivity contribution in [2.45, 2.75) is 25.3 Å². The van der Waals surface area contributed by atoms with Crippen LogP contribution >= 0.6 is 0 Å². The average molecular weight is 328 g/mol. The SMILES string of the molecule is COc1ccccc1CCNC(=O)c1ccn(C2CCCNC2)n1. The van der Waals surface area contributed by atoms with Crippen LogP contribution in [0, 0.1) is 0 Å². The molecule has 0 radical (unpaired) electrons. The first-order valence-corrected chi connectivity index (χ1v) is 8.44. The molecule has 1 aromatic heterocycles. The van der Waals surface area contributed by atoms with Gasteiger partial charge in [0.1, 0.15) is 11.4 Å². The van der Waals surface area contributed by atoms with Gasteiger partial charge in [-0.25, -0.2) is 0 Å². The normalized spacial score (nSPS) is 17.5. The number of aromatic nitrogens is 2. The summed E-state index contributed by atoms with van der Waals surface area (Å²) < 4.78 is 7.23. The van der Waals surface area contributed by atoms with E-state index in [-0.39, 0.29) is 5.91 Å². The number of nitrogens with zero attached hydrogens (tertiary/aromatic N) is 2. The first-order valence-electron chi connectivity index (χ1n) is 8.44. The minimum atomic E-state index is -0.132. The van der Waals surface area contributed by atoms with Gasteiger partial charge in [0.15, 0.2) is 0 Å². The van der Waals surface area contributed by atoms with Gasteiger partial charge in [0.25, 0.3) is 5.91 Å². The highest BCUT2D eigenvalue weighted by molar-refractivity contribution is 5.92. The van der Waals surface area contributed by atoms with Crippen molar-refractivity contribution in [3.63, 3.8) is 0 Å². The quantitative estimate of drug-likeness (QED) is 0.848. The fraction of sp³-hybridized carbons (Fsp3) is 0.444. The number of ether oxygens (including phenoxy) is 1. The molecule has 2 heterocycles. The van der Waals surface area contributed by atoms with Crippen molar-refractivity contribution in [1.82, 2.24) is 20.4 Å². The number of nitrogens with one attached hydrogen (secondary N) is 2. The summed E-state index contributed by atoms with van der Waals surface area (Å²) in [6.45, 7) is 2.53. The molecule has 1 atom stereocenters. The number of benzene rings is 1. The number of amides is 1. The summed E-state index contributed by atoms with van der Waals surface area (Å²) in [6, 6.07) is 9.97. The van der Waals surface area contributed by atoms with Gasteiger partial charge < -0.3 is 15.4 Å². The molecule has 0 bridgehead atoms. The Morgan fingerprint density at radius 2 is 2.29 bits per heavy atom. The Morgan fingerprint density at radius 3 is 3.08 bits per heavy atom. The van der Waals surface area contributed by atoms with Crippen LogP contribution in [0.5, 0.6) is 5.75 Å². The van der Waals surface area contributed by atoms with Crippen molar-refractivity contribution in [1.29, 1.82) is 0 Å². The van der Waals surface area contributed by atoms with Crippen molar-refractivity contribution in [2.75, 3.05) is 26.7 Å². The molecule has 1 aliphatic heterocycles. The Labute approximate surface area is 142 Å². The van der Waals surface area contributed by atoms with Crippen molar-refractivity contribution >= 4 is 5.91 Å². The maximum absolute atomic E-state index is 12.3. The fourth-order valence-electron chi connectivity index (χ4n) is 3.03. The number of carbonyl (C=O) groups is 1. The molecule has 3 rings (SSSR count). The van der Waals surface area contributed by atoms with Crippen LogP contribution in [0.15, 0.2) is 36.5 Å². The van der Waals surface area contributed by atoms with Crippen LogP contribution in [-0.4, -0.2) is 42.4 Å². The van der Waals surface area contributed by atoms with Gasteiger partial charge in [-0.3, -0.25) is 9.48 Å². The topological polar surface area (TPSA) is 68.2 Å². The average Bonchev–Trinajstić information content (AvgIpc) is 3.13. The van der Waals surface area contributed by atoms with E-state index >= 15 is 0 Å². The molecule has 0 saturated carbocycles.